The lowest BCUT2D eigenvalue weighted by Gasteiger charge is -2.41. The van der Waals surface area contributed by atoms with Crippen molar-refractivity contribution in [2.24, 2.45) is 10.8 Å². The van der Waals surface area contributed by atoms with Crippen LogP contribution in [0.3, 0.4) is 0 Å². The van der Waals surface area contributed by atoms with Gasteiger partial charge in [0.2, 0.25) is 5.91 Å². The molecule has 2 aliphatic carbocycles. The number of carbonyl (C=O) groups is 1. The van der Waals surface area contributed by atoms with Gasteiger partial charge in [0.1, 0.15) is 17.8 Å². The number of nitriles is 1. The van der Waals surface area contributed by atoms with Gasteiger partial charge in [-0.15, -0.1) is 0 Å². The van der Waals surface area contributed by atoms with Gasteiger partial charge in [-0.2, -0.15) is 5.26 Å². The Morgan fingerprint density at radius 3 is 2.42 bits per heavy atom. The first-order chi connectivity index (χ1) is 11.3. The summed E-state index contributed by atoms with van der Waals surface area (Å²) in [7, 11) is -3.22. The zero-order valence-corrected chi connectivity index (χ0v) is 14.4. The van der Waals surface area contributed by atoms with E-state index in [1.807, 2.05) is 0 Å². The minimum Gasteiger partial charge on any atom is -0.492 e. The lowest BCUT2D eigenvalue weighted by molar-refractivity contribution is -0.135. The van der Waals surface area contributed by atoms with Crippen molar-refractivity contribution in [3.8, 4) is 11.8 Å². The van der Waals surface area contributed by atoms with Crippen molar-refractivity contribution >= 4 is 15.7 Å². The second-order valence-electron chi connectivity index (χ2n) is 6.90. The van der Waals surface area contributed by atoms with Gasteiger partial charge in [0.25, 0.3) is 0 Å². The maximum Gasteiger partial charge on any atom is 0.240 e. The van der Waals surface area contributed by atoms with Crippen LogP contribution < -0.4 is 10.1 Å². The summed E-state index contributed by atoms with van der Waals surface area (Å²) >= 11 is 0. The zero-order chi connectivity index (χ0) is 17.4. The maximum atomic E-state index is 12.2. The summed E-state index contributed by atoms with van der Waals surface area (Å²) in [5.41, 5.74) is -0.571. The summed E-state index contributed by atoms with van der Waals surface area (Å²) in [5, 5.41) is 12.1. The van der Waals surface area contributed by atoms with Gasteiger partial charge in [-0.05, 0) is 55.4 Å². The fraction of sp³-hybridized carbons (Fsp3) is 0.529. The zero-order valence-electron chi connectivity index (χ0n) is 13.5. The lowest BCUT2D eigenvalue weighted by atomic mass is 9.60. The molecule has 1 amide bonds. The summed E-state index contributed by atoms with van der Waals surface area (Å²) < 4.78 is 28.2. The fourth-order valence-electron chi connectivity index (χ4n) is 3.33. The molecule has 1 aromatic rings. The number of benzene rings is 1. The smallest absolute Gasteiger partial charge is 0.240 e. The molecule has 0 atom stereocenters. The molecule has 1 aromatic carbocycles. The van der Waals surface area contributed by atoms with E-state index in [2.05, 4.69) is 11.4 Å². The Balaban J connectivity index is 1.44. The molecule has 0 saturated heterocycles. The molecule has 0 unspecified atom stereocenters. The Bertz CT molecular complexity index is 781. The van der Waals surface area contributed by atoms with Gasteiger partial charge in [0.15, 0.2) is 9.84 Å². The Labute approximate surface area is 141 Å². The monoisotopic (exact) mass is 348 g/mol. The van der Waals surface area contributed by atoms with Crippen LogP contribution in [0.4, 0.5) is 0 Å². The summed E-state index contributed by atoms with van der Waals surface area (Å²) in [4.78, 5) is 12.4. The molecule has 7 heteroatoms. The van der Waals surface area contributed by atoms with Crippen LogP contribution >= 0.6 is 0 Å². The SMILES string of the molecule is CS(=O)(=O)c1ccc(OCCNC(=O)C2(C#N)CC3(CC3)C2)cc1. The number of carbonyl (C=O) groups excluding carboxylic acids is 1. The van der Waals surface area contributed by atoms with Gasteiger partial charge < -0.3 is 10.1 Å². The van der Waals surface area contributed by atoms with Crippen LogP contribution in [0, 0.1) is 22.2 Å². The third-order valence-electron chi connectivity index (χ3n) is 4.87. The topological polar surface area (TPSA) is 96.3 Å². The number of sulfone groups is 1. The predicted octanol–water partition coefficient (Wildman–Crippen LogP) is 1.67. The van der Waals surface area contributed by atoms with Crippen molar-refractivity contribution in [1.29, 1.82) is 5.26 Å². The molecule has 0 bridgehead atoms. The lowest BCUT2D eigenvalue weighted by Crippen LogP contribution is -2.50. The largest absolute Gasteiger partial charge is 0.492 e. The number of hydrogen-bond donors (Lipinski definition) is 1. The van der Waals surface area contributed by atoms with Gasteiger partial charge in [0, 0.05) is 6.26 Å². The van der Waals surface area contributed by atoms with Gasteiger partial charge in [-0.3, -0.25) is 4.79 Å². The molecule has 0 aliphatic heterocycles. The van der Waals surface area contributed by atoms with Crippen molar-refractivity contribution in [2.75, 3.05) is 19.4 Å². The molecule has 2 fully saturated rings. The van der Waals surface area contributed by atoms with Crippen LogP contribution in [0.15, 0.2) is 29.2 Å². The summed E-state index contributed by atoms with van der Waals surface area (Å²) in [6, 6.07) is 8.31. The highest BCUT2D eigenvalue weighted by Crippen LogP contribution is 2.68. The normalized spacial score (nSPS) is 19.8. The van der Waals surface area contributed by atoms with Gasteiger partial charge in [0.05, 0.1) is 17.5 Å². The van der Waals surface area contributed by atoms with Crippen molar-refractivity contribution in [1.82, 2.24) is 5.32 Å². The summed E-state index contributed by atoms with van der Waals surface area (Å²) in [5.74, 6) is 0.325. The first kappa shape index (κ1) is 16.8. The molecule has 0 heterocycles. The number of nitrogens with zero attached hydrogens (tertiary/aromatic N) is 1. The van der Waals surface area contributed by atoms with Crippen LogP contribution in [-0.2, 0) is 14.6 Å². The van der Waals surface area contributed by atoms with E-state index >= 15 is 0 Å². The van der Waals surface area contributed by atoms with Crippen LogP contribution in [-0.4, -0.2) is 33.7 Å². The molecule has 1 N–H and O–H groups in total. The standard InChI is InChI=1S/C17H20N2O4S/c1-24(21,22)14-4-2-13(3-5-14)23-9-8-19-15(20)17(12-18)10-16(11-17)6-7-16/h2-5H,6-11H2,1H3,(H,19,20). The third kappa shape index (κ3) is 3.24. The van der Waals surface area contributed by atoms with Crippen LogP contribution in [0.1, 0.15) is 25.7 Å². The van der Waals surface area contributed by atoms with E-state index in [4.69, 9.17) is 4.74 Å². The Morgan fingerprint density at radius 2 is 1.92 bits per heavy atom. The first-order valence-electron chi connectivity index (χ1n) is 7.91. The number of nitrogens with one attached hydrogen (secondary N) is 1. The van der Waals surface area contributed by atoms with E-state index in [0.717, 1.165) is 19.1 Å². The van der Waals surface area contributed by atoms with Gasteiger partial charge >= 0.3 is 0 Å². The van der Waals surface area contributed by atoms with Crippen LogP contribution in [0.5, 0.6) is 5.75 Å². The minimum absolute atomic E-state index is 0.210. The fourth-order valence-corrected chi connectivity index (χ4v) is 3.97. The van der Waals surface area contributed by atoms with Crippen molar-refractivity contribution in [2.45, 2.75) is 30.6 Å². The molecule has 24 heavy (non-hydrogen) atoms. The Morgan fingerprint density at radius 1 is 1.29 bits per heavy atom. The van der Waals surface area contributed by atoms with Crippen LogP contribution in [0.25, 0.3) is 0 Å². The number of hydrogen-bond acceptors (Lipinski definition) is 5. The maximum absolute atomic E-state index is 12.2. The minimum atomic E-state index is -3.22. The molecule has 2 aliphatic rings. The third-order valence-corrected chi connectivity index (χ3v) is 6.00. The van der Waals surface area contributed by atoms with E-state index in [9.17, 15) is 18.5 Å². The second-order valence-corrected chi connectivity index (χ2v) is 8.91. The highest BCUT2D eigenvalue weighted by molar-refractivity contribution is 7.90. The van der Waals surface area contributed by atoms with Crippen LogP contribution in [0.2, 0.25) is 0 Å². The number of amides is 1. The predicted molar refractivity (Wildman–Crippen MR) is 87.0 cm³/mol. The summed E-state index contributed by atoms with van der Waals surface area (Å²) in [6.07, 6.45) is 4.77. The Hall–Kier alpha value is -2.07. The Kier molecular flexibility index (Phi) is 4.04. The van der Waals surface area contributed by atoms with Gasteiger partial charge in [-0.1, -0.05) is 0 Å². The average Bonchev–Trinajstić information content (AvgIpc) is 3.29. The number of ether oxygens (including phenoxy) is 1. The second kappa shape index (κ2) is 5.78. The molecule has 0 radical (unpaired) electrons. The molecule has 128 valence electrons. The molecular formula is C17H20N2O4S. The highest BCUT2D eigenvalue weighted by atomic mass is 32.2. The molecule has 6 nitrogen and oxygen atoms in total. The average molecular weight is 348 g/mol. The summed E-state index contributed by atoms with van der Waals surface area (Å²) in [6.45, 7) is 0.569. The molecule has 2 saturated carbocycles. The van der Waals surface area contributed by atoms with Crippen molar-refractivity contribution in [3.05, 3.63) is 24.3 Å². The first-order valence-corrected chi connectivity index (χ1v) is 9.80. The van der Waals surface area contributed by atoms with E-state index < -0.39 is 15.3 Å². The molecule has 0 aromatic heterocycles. The molecule has 3 rings (SSSR count). The van der Waals surface area contributed by atoms with Gasteiger partial charge in [-0.25, -0.2) is 8.42 Å². The van der Waals surface area contributed by atoms with Crippen molar-refractivity contribution < 1.29 is 17.9 Å². The van der Waals surface area contributed by atoms with E-state index in [1.165, 1.54) is 12.1 Å². The van der Waals surface area contributed by atoms with E-state index in [-0.39, 0.29) is 22.8 Å². The highest BCUT2D eigenvalue weighted by Gasteiger charge is 2.64. The molecular weight excluding hydrogens is 328 g/mol. The van der Waals surface area contributed by atoms with E-state index in [1.54, 1.807) is 12.1 Å². The number of rotatable bonds is 6. The molecule has 1 spiro atoms. The van der Waals surface area contributed by atoms with Crippen molar-refractivity contribution in [3.63, 3.8) is 0 Å². The van der Waals surface area contributed by atoms with E-state index in [0.29, 0.717) is 25.1 Å². The quantitative estimate of drug-likeness (QED) is 0.789.